The Morgan fingerprint density at radius 3 is 2.68 bits per heavy atom. The van der Waals surface area contributed by atoms with Crippen molar-refractivity contribution < 1.29 is 14.6 Å². The van der Waals surface area contributed by atoms with E-state index < -0.39 is 11.5 Å². The zero-order valence-corrected chi connectivity index (χ0v) is 12.7. The first-order chi connectivity index (χ1) is 8.88. The average Bonchev–Trinajstić information content (AvgIpc) is 2.36. The van der Waals surface area contributed by atoms with Crippen LogP contribution >= 0.6 is 0 Å². The fraction of sp³-hybridized carbons (Fsp3) is 0.929. The molecule has 0 amide bonds. The van der Waals surface area contributed by atoms with E-state index in [1.807, 2.05) is 6.92 Å². The van der Waals surface area contributed by atoms with Crippen LogP contribution in [0.3, 0.4) is 0 Å². The van der Waals surface area contributed by atoms with Crippen molar-refractivity contribution in [3.05, 3.63) is 0 Å². The quantitative estimate of drug-likeness (QED) is 0.732. The van der Waals surface area contributed by atoms with Gasteiger partial charge in [0, 0.05) is 12.1 Å². The van der Waals surface area contributed by atoms with Gasteiger partial charge in [0.05, 0.1) is 13.2 Å². The van der Waals surface area contributed by atoms with Crippen LogP contribution in [0.25, 0.3) is 0 Å². The Balaban J connectivity index is 2.50. The minimum absolute atomic E-state index is 0.0516. The normalized spacial score (nSPS) is 22.9. The van der Waals surface area contributed by atoms with E-state index in [-0.39, 0.29) is 5.54 Å². The van der Waals surface area contributed by atoms with Gasteiger partial charge in [-0.25, -0.2) is 0 Å². The molecule has 5 nitrogen and oxygen atoms in total. The van der Waals surface area contributed by atoms with Crippen molar-refractivity contribution >= 4 is 5.97 Å². The minimum atomic E-state index is -0.781. The van der Waals surface area contributed by atoms with Gasteiger partial charge >= 0.3 is 5.97 Å². The predicted octanol–water partition coefficient (Wildman–Crippen LogP) is 1.33. The number of morpholine rings is 1. The van der Waals surface area contributed by atoms with Crippen molar-refractivity contribution in [1.29, 1.82) is 0 Å². The zero-order valence-electron chi connectivity index (χ0n) is 12.7. The standard InChI is InChI=1S/C14H28N2O3/c1-5-14(15-4,12(17)18)7-6-8-16-9-10-19-11-13(16,2)3/h15H,5-11H2,1-4H3,(H,17,18). The second kappa shape index (κ2) is 6.68. The van der Waals surface area contributed by atoms with Gasteiger partial charge in [-0.3, -0.25) is 9.69 Å². The zero-order chi connectivity index (χ0) is 14.5. The monoisotopic (exact) mass is 272 g/mol. The van der Waals surface area contributed by atoms with Crippen molar-refractivity contribution in [1.82, 2.24) is 10.2 Å². The second-order valence-electron chi connectivity index (χ2n) is 5.95. The van der Waals surface area contributed by atoms with E-state index >= 15 is 0 Å². The Kier molecular flexibility index (Phi) is 5.77. The van der Waals surface area contributed by atoms with E-state index in [2.05, 4.69) is 24.1 Å². The Hall–Kier alpha value is -0.650. The number of carbonyl (C=O) groups is 1. The molecule has 2 N–H and O–H groups in total. The molecule has 0 spiro atoms. The summed E-state index contributed by atoms with van der Waals surface area (Å²) in [7, 11) is 1.73. The van der Waals surface area contributed by atoms with Crippen LogP contribution in [0.1, 0.15) is 40.0 Å². The smallest absolute Gasteiger partial charge is 0.323 e. The Morgan fingerprint density at radius 2 is 2.21 bits per heavy atom. The lowest BCUT2D eigenvalue weighted by Crippen LogP contribution is -2.54. The van der Waals surface area contributed by atoms with Crippen LogP contribution in [0.5, 0.6) is 0 Å². The maximum atomic E-state index is 11.4. The van der Waals surface area contributed by atoms with Crippen LogP contribution in [-0.4, -0.2) is 60.4 Å². The van der Waals surface area contributed by atoms with Crippen molar-refractivity contribution in [2.24, 2.45) is 0 Å². The molecule has 5 heteroatoms. The highest BCUT2D eigenvalue weighted by atomic mass is 16.5. The van der Waals surface area contributed by atoms with Crippen LogP contribution in [0.15, 0.2) is 0 Å². The van der Waals surface area contributed by atoms with Crippen molar-refractivity contribution in [2.45, 2.75) is 51.1 Å². The van der Waals surface area contributed by atoms with E-state index in [0.717, 1.165) is 32.7 Å². The number of hydrogen-bond donors (Lipinski definition) is 2. The number of ether oxygens (including phenoxy) is 1. The van der Waals surface area contributed by atoms with Gasteiger partial charge in [-0.05, 0) is 46.7 Å². The minimum Gasteiger partial charge on any atom is -0.480 e. The molecule has 0 aromatic rings. The summed E-state index contributed by atoms with van der Waals surface area (Å²) in [5, 5.41) is 12.3. The summed E-state index contributed by atoms with van der Waals surface area (Å²) in [6.07, 6.45) is 2.14. The largest absolute Gasteiger partial charge is 0.480 e. The Labute approximate surface area is 116 Å². The first-order valence-corrected chi connectivity index (χ1v) is 7.13. The predicted molar refractivity (Wildman–Crippen MR) is 75.4 cm³/mol. The lowest BCUT2D eigenvalue weighted by molar-refractivity contribution is -0.145. The highest BCUT2D eigenvalue weighted by Crippen LogP contribution is 2.22. The molecule has 1 rings (SSSR count). The Bertz CT molecular complexity index is 301. The third-order valence-electron chi connectivity index (χ3n) is 4.34. The number of carboxylic acid groups (broad SMARTS) is 1. The van der Waals surface area contributed by atoms with Gasteiger partial charge in [0.2, 0.25) is 0 Å². The number of hydrogen-bond acceptors (Lipinski definition) is 4. The van der Waals surface area contributed by atoms with Crippen LogP contribution in [0.4, 0.5) is 0 Å². The summed E-state index contributed by atoms with van der Waals surface area (Å²) in [6, 6.07) is 0. The number of rotatable bonds is 7. The highest BCUT2D eigenvalue weighted by Gasteiger charge is 2.35. The molecular formula is C14H28N2O3. The molecule has 1 unspecified atom stereocenters. The molecule has 1 aliphatic heterocycles. The molecule has 0 saturated carbocycles. The number of aliphatic carboxylic acids is 1. The molecule has 1 atom stereocenters. The molecule has 0 aromatic carbocycles. The molecule has 0 radical (unpaired) electrons. The van der Waals surface area contributed by atoms with Crippen LogP contribution in [0, 0.1) is 0 Å². The third kappa shape index (κ3) is 3.91. The van der Waals surface area contributed by atoms with Crippen molar-refractivity contribution in [3.8, 4) is 0 Å². The van der Waals surface area contributed by atoms with E-state index in [9.17, 15) is 9.90 Å². The molecule has 1 heterocycles. The lowest BCUT2D eigenvalue weighted by Gasteiger charge is -2.42. The van der Waals surface area contributed by atoms with Gasteiger partial charge in [0.1, 0.15) is 5.54 Å². The van der Waals surface area contributed by atoms with Gasteiger partial charge in [0.25, 0.3) is 0 Å². The Morgan fingerprint density at radius 1 is 1.53 bits per heavy atom. The average molecular weight is 272 g/mol. The first kappa shape index (κ1) is 16.4. The van der Waals surface area contributed by atoms with E-state index in [1.54, 1.807) is 7.05 Å². The fourth-order valence-electron chi connectivity index (χ4n) is 2.72. The number of nitrogens with one attached hydrogen (secondary N) is 1. The molecule has 1 fully saturated rings. The molecule has 0 bridgehead atoms. The molecule has 0 aromatic heterocycles. The fourth-order valence-corrected chi connectivity index (χ4v) is 2.72. The van der Waals surface area contributed by atoms with Gasteiger partial charge in [0.15, 0.2) is 0 Å². The topological polar surface area (TPSA) is 61.8 Å². The summed E-state index contributed by atoms with van der Waals surface area (Å²) in [4.78, 5) is 13.8. The van der Waals surface area contributed by atoms with Crippen molar-refractivity contribution in [2.75, 3.05) is 33.4 Å². The summed E-state index contributed by atoms with van der Waals surface area (Å²) in [5.41, 5.74) is -0.730. The second-order valence-corrected chi connectivity index (χ2v) is 5.95. The van der Waals surface area contributed by atoms with Gasteiger partial charge in [-0.2, -0.15) is 0 Å². The summed E-state index contributed by atoms with van der Waals surface area (Å²) in [5.74, 6) is -0.751. The van der Waals surface area contributed by atoms with Crippen LogP contribution in [0.2, 0.25) is 0 Å². The molecule has 1 saturated heterocycles. The number of carboxylic acids is 1. The molecule has 112 valence electrons. The van der Waals surface area contributed by atoms with Crippen LogP contribution in [-0.2, 0) is 9.53 Å². The van der Waals surface area contributed by atoms with Gasteiger partial charge in [-0.15, -0.1) is 0 Å². The van der Waals surface area contributed by atoms with Crippen molar-refractivity contribution in [3.63, 3.8) is 0 Å². The molecule has 0 aliphatic carbocycles. The maximum Gasteiger partial charge on any atom is 0.323 e. The van der Waals surface area contributed by atoms with E-state index in [0.29, 0.717) is 12.8 Å². The van der Waals surface area contributed by atoms with Crippen LogP contribution < -0.4 is 5.32 Å². The van der Waals surface area contributed by atoms with E-state index in [4.69, 9.17) is 4.74 Å². The summed E-state index contributed by atoms with van der Waals surface area (Å²) >= 11 is 0. The van der Waals surface area contributed by atoms with Gasteiger partial charge in [-0.1, -0.05) is 6.92 Å². The summed E-state index contributed by atoms with van der Waals surface area (Å²) in [6.45, 7) is 9.64. The molecule has 1 aliphatic rings. The van der Waals surface area contributed by atoms with Gasteiger partial charge < -0.3 is 15.2 Å². The molecular weight excluding hydrogens is 244 g/mol. The summed E-state index contributed by atoms with van der Waals surface area (Å²) < 4.78 is 5.49. The SMILES string of the molecule is CCC(CCCN1CCOCC1(C)C)(NC)C(=O)O. The van der Waals surface area contributed by atoms with E-state index in [1.165, 1.54) is 0 Å². The lowest BCUT2D eigenvalue weighted by atomic mass is 9.90. The number of nitrogens with zero attached hydrogens (tertiary/aromatic N) is 1. The first-order valence-electron chi connectivity index (χ1n) is 7.13. The number of likely N-dealkylation sites (N-methyl/N-ethyl adjacent to an activating group) is 1. The third-order valence-corrected chi connectivity index (χ3v) is 4.34. The highest BCUT2D eigenvalue weighted by molar-refractivity contribution is 5.78. The molecule has 19 heavy (non-hydrogen) atoms. The maximum absolute atomic E-state index is 11.4.